The molecular weight excluding hydrogens is 355 g/mol. The van der Waals surface area contributed by atoms with Gasteiger partial charge in [0.25, 0.3) is 5.91 Å². The van der Waals surface area contributed by atoms with Gasteiger partial charge in [-0.3, -0.25) is 4.79 Å². The van der Waals surface area contributed by atoms with Gasteiger partial charge in [0, 0.05) is 30.8 Å². The van der Waals surface area contributed by atoms with Gasteiger partial charge < -0.3 is 26.0 Å². The number of aliphatic hydroxyl groups is 2. The number of phenolic OH excluding ortho intramolecular Hbond substituents is 1. The maximum Gasteiger partial charge on any atom is 0.253 e. The number of rotatable bonds is 4. The summed E-state index contributed by atoms with van der Waals surface area (Å²) >= 11 is 11.9. The lowest BCUT2D eigenvalue weighted by Gasteiger charge is -2.40. The summed E-state index contributed by atoms with van der Waals surface area (Å²) in [4.78, 5) is 13.5. The number of carbonyl (C=O) groups is 1. The Morgan fingerprint density at radius 2 is 2.04 bits per heavy atom. The van der Waals surface area contributed by atoms with Crippen molar-refractivity contribution in [3.05, 3.63) is 27.7 Å². The van der Waals surface area contributed by atoms with Gasteiger partial charge in [-0.15, -0.1) is 0 Å². The molecule has 1 aliphatic rings. The molecule has 1 saturated heterocycles. The summed E-state index contributed by atoms with van der Waals surface area (Å²) in [6.07, 6.45) is -0.770. The summed E-state index contributed by atoms with van der Waals surface area (Å²) < 4.78 is 0. The summed E-state index contributed by atoms with van der Waals surface area (Å²) in [6, 6.07) is 2.50. The summed E-state index contributed by atoms with van der Waals surface area (Å²) in [5.41, 5.74) is 6.86. The van der Waals surface area contributed by atoms with Gasteiger partial charge in [0.15, 0.2) is 6.10 Å². The van der Waals surface area contributed by atoms with Crippen molar-refractivity contribution in [2.24, 2.45) is 17.6 Å². The van der Waals surface area contributed by atoms with Crippen LogP contribution in [0.2, 0.25) is 10.0 Å². The normalized spacial score (nSPS) is 23.8. The van der Waals surface area contributed by atoms with Crippen LogP contribution in [0.25, 0.3) is 0 Å². The van der Waals surface area contributed by atoms with E-state index in [1.54, 1.807) is 6.07 Å². The lowest BCUT2D eigenvalue weighted by atomic mass is 9.79. The average molecular weight is 377 g/mol. The fourth-order valence-electron chi connectivity index (χ4n) is 3.24. The molecule has 0 aliphatic carbocycles. The van der Waals surface area contributed by atoms with Gasteiger partial charge in [0.05, 0.1) is 16.7 Å². The fraction of sp³-hybridized carbons (Fsp3) is 0.562. The van der Waals surface area contributed by atoms with Crippen LogP contribution in [-0.4, -0.2) is 51.9 Å². The number of hydrogen-bond acceptors (Lipinski definition) is 5. The lowest BCUT2D eigenvalue weighted by Crippen LogP contribution is -2.49. The van der Waals surface area contributed by atoms with E-state index in [0.717, 1.165) is 0 Å². The van der Waals surface area contributed by atoms with Crippen LogP contribution in [-0.2, 0) is 4.79 Å². The fourth-order valence-corrected chi connectivity index (χ4v) is 3.57. The van der Waals surface area contributed by atoms with E-state index in [1.807, 2.05) is 6.92 Å². The smallest absolute Gasteiger partial charge is 0.253 e. The second-order valence-corrected chi connectivity index (χ2v) is 7.08. The number of piperidine rings is 1. The Morgan fingerprint density at radius 3 is 2.62 bits per heavy atom. The topological polar surface area (TPSA) is 107 Å². The number of nitrogens with zero attached hydrogens (tertiary/aromatic N) is 1. The number of likely N-dealkylation sites (tertiary alicyclic amines) is 1. The van der Waals surface area contributed by atoms with Crippen LogP contribution < -0.4 is 5.73 Å². The Labute approximate surface area is 150 Å². The van der Waals surface area contributed by atoms with Gasteiger partial charge in [-0.2, -0.15) is 0 Å². The molecule has 0 saturated carbocycles. The monoisotopic (exact) mass is 376 g/mol. The molecule has 1 aromatic rings. The lowest BCUT2D eigenvalue weighted by molar-refractivity contribution is -0.144. The molecule has 1 amide bonds. The summed E-state index contributed by atoms with van der Waals surface area (Å²) in [5.74, 6) is -0.395. The third kappa shape index (κ3) is 3.95. The third-order valence-corrected chi connectivity index (χ3v) is 5.35. The van der Waals surface area contributed by atoms with Crippen LogP contribution in [0.1, 0.15) is 24.9 Å². The van der Waals surface area contributed by atoms with Crippen LogP contribution in [0.3, 0.4) is 0 Å². The summed E-state index contributed by atoms with van der Waals surface area (Å²) in [5, 5.41) is 29.1. The van der Waals surface area contributed by atoms with E-state index in [1.165, 1.54) is 11.0 Å². The SMILES string of the molecule is C[C@H]1CN(C(=O)[C@H](O)CO)CCC1[C@@H](N)c1cc(Cl)c(Cl)cc1O. The van der Waals surface area contributed by atoms with E-state index in [2.05, 4.69) is 0 Å². The first-order valence-corrected chi connectivity index (χ1v) is 8.53. The zero-order valence-corrected chi connectivity index (χ0v) is 14.8. The molecule has 1 fully saturated rings. The highest BCUT2D eigenvalue weighted by atomic mass is 35.5. The standard InChI is InChI=1S/C16H22Cl2N2O4/c1-8-6-20(16(24)14(23)7-21)3-2-9(8)15(19)10-4-11(17)12(18)5-13(10)22/h4-5,8-9,14-15,21-23H,2-3,6-7,19H2,1H3/t8-,9?,14+,15+/m0/s1. The quantitative estimate of drug-likeness (QED) is 0.637. The van der Waals surface area contributed by atoms with Crippen molar-refractivity contribution in [2.45, 2.75) is 25.5 Å². The first-order chi connectivity index (χ1) is 11.3. The van der Waals surface area contributed by atoms with E-state index in [0.29, 0.717) is 30.1 Å². The van der Waals surface area contributed by atoms with E-state index >= 15 is 0 Å². The van der Waals surface area contributed by atoms with Crippen molar-refractivity contribution >= 4 is 29.1 Å². The number of benzene rings is 1. The molecule has 2 rings (SSSR count). The van der Waals surface area contributed by atoms with Crippen molar-refractivity contribution in [2.75, 3.05) is 19.7 Å². The van der Waals surface area contributed by atoms with Crippen molar-refractivity contribution in [1.29, 1.82) is 0 Å². The zero-order valence-electron chi connectivity index (χ0n) is 13.3. The number of carbonyl (C=O) groups excluding carboxylic acids is 1. The largest absolute Gasteiger partial charge is 0.508 e. The molecule has 4 atom stereocenters. The minimum absolute atomic E-state index is 0.00157. The highest BCUT2D eigenvalue weighted by Crippen LogP contribution is 2.39. The molecule has 0 aromatic heterocycles. The molecule has 1 heterocycles. The Bertz CT molecular complexity index is 614. The van der Waals surface area contributed by atoms with Gasteiger partial charge in [-0.25, -0.2) is 0 Å². The molecule has 0 spiro atoms. The van der Waals surface area contributed by atoms with Gasteiger partial charge >= 0.3 is 0 Å². The number of aromatic hydroxyl groups is 1. The Kier molecular flexibility index (Phi) is 6.33. The first-order valence-electron chi connectivity index (χ1n) is 7.77. The molecule has 8 heteroatoms. The van der Waals surface area contributed by atoms with Gasteiger partial charge in [0.2, 0.25) is 0 Å². The van der Waals surface area contributed by atoms with Crippen LogP contribution >= 0.6 is 23.2 Å². The highest BCUT2D eigenvalue weighted by Gasteiger charge is 2.35. The third-order valence-electron chi connectivity index (χ3n) is 4.63. The molecule has 1 unspecified atom stereocenters. The maximum absolute atomic E-state index is 12.0. The number of halogens is 2. The molecular formula is C16H22Cl2N2O4. The van der Waals surface area contributed by atoms with Crippen LogP contribution in [0.5, 0.6) is 5.75 Å². The second-order valence-electron chi connectivity index (χ2n) is 6.26. The average Bonchev–Trinajstić information content (AvgIpc) is 2.56. The molecule has 6 nitrogen and oxygen atoms in total. The maximum atomic E-state index is 12.0. The summed E-state index contributed by atoms with van der Waals surface area (Å²) in [6.45, 7) is 2.23. The molecule has 0 radical (unpaired) electrons. The van der Waals surface area contributed by atoms with Gasteiger partial charge in [0.1, 0.15) is 5.75 Å². The molecule has 0 bridgehead atoms. The van der Waals surface area contributed by atoms with Crippen molar-refractivity contribution in [3.8, 4) is 5.75 Å². The van der Waals surface area contributed by atoms with Crippen molar-refractivity contribution in [3.63, 3.8) is 0 Å². The first kappa shape index (κ1) is 19.3. The Balaban J connectivity index is 2.12. The van der Waals surface area contributed by atoms with Crippen LogP contribution in [0.15, 0.2) is 12.1 Å². The number of amides is 1. The van der Waals surface area contributed by atoms with Crippen molar-refractivity contribution < 1.29 is 20.1 Å². The number of hydrogen-bond donors (Lipinski definition) is 4. The van der Waals surface area contributed by atoms with E-state index in [9.17, 15) is 15.0 Å². The molecule has 5 N–H and O–H groups in total. The predicted molar refractivity (Wildman–Crippen MR) is 92.0 cm³/mol. The van der Waals surface area contributed by atoms with E-state index in [4.69, 9.17) is 34.0 Å². The number of nitrogens with two attached hydrogens (primary N) is 1. The second kappa shape index (κ2) is 7.89. The number of aliphatic hydroxyl groups excluding tert-OH is 2. The minimum Gasteiger partial charge on any atom is -0.508 e. The molecule has 134 valence electrons. The van der Waals surface area contributed by atoms with E-state index < -0.39 is 24.7 Å². The van der Waals surface area contributed by atoms with Crippen LogP contribution in [0, 0.1) is 11.8 Å². The zero-order chi connectivity index (χ0) is 18.0. The van der Waals surface area contributed by atoms with Gasteiger partial charge in [-0.1, -0.05) is 30.1 Å². The van der Waals surface area contributed by atoms with Crippen molar-refractivity contribution in [1.82, 2.24) is 4.90 Å². The number of phenols is 1. The Morgan fingerprint density at radius 1 is 1.42 bits per heavy atom. The molecule has 1 aliphatic heterocycles. The predicted octanol–water partition coefficient (Wildman–Crippen LogP) is 1.54. The van der Waals surface area contributed by atoms with Gasteiger partial charge in [-0.05, 0) is 24.3 Å². The summed E-state index contributed by atoms with van der Waals surface area (Å²) in [7, 11) is 0. The minimum atomic E-state index is -1.39. The highest BCUT2D eigenvalue weighted by molar-refractivity contribution is 6.42. The molecule has 24 heavy (non-hydrogen) atoms. The molecule has 1 aromatic carbocycles. The van der Waals surface area contributed by atoms with E-state index in [-0.39, 0.29) is 22.6 Å². The Hall–Kier alpha value is -1.05. The van der Waals surface area contributed by atoms with Crippen LogP contribution in [0.4, 0.5) is 0 Å².